The van der Waals surface area contributed by atoms with Gasteiger partial charge in [-0.25, -0.2) is 12.7 Å². The maximum Gasteiger partial charge on any atom is 0.261 e. The van der Waals surface area contributed by atoms with E-state index in [4.69, 9.17) is 4.74 Å². The lowest BCUT2D eigenvalue weighted by Gasteiger charge is -2.13. The van der Waals surface area contributed by atoms with E-state index in [9.17, 15) is 13.2 Å². The van der Waals surface area contributed by atoms with Gasteiger partial charge in [0.05, 0.1) is 6.26 Å². The molecule has 0 heterocycles. The topological polar surface area (TPSA) is 63.7 Å². The van der Waals surface area contributed by atoms with E-state index in [-0.39, 0.29) is 6.61 Å². The van der Waals surface area contributed by atoms with E-state index in [1.54, 1.807) is 6.92 Å². The number of nitrogens with zero attached hydrogens (tertiary/aromatic N) is 1. The Kier molecular flexibility index (Phi) is 4.19. The average molecular weight is 195 g/mol. The second kappa shape index (κ2) is 4.42. The zero-order valence-electron chi connectivity index (χ0n) is 7.40. The molecule has 1 amide bonds. The van der Waals surface area contributed by atoms with Crippen LogP contribution in [-0.2, 0) is 19.6 Å². The number of carbonyl (C=O) groups excluding carboxylic acids is 1. The fraction of sp³-hybridized carbons (Fsp3) is 0.833. The van der Waals surface area contributed by atoms with Crippen LogP contribution < -0.4 is 0 Å². The molecular weight excluding hydrogens is 182 g/mol. The summed E-state index contributed by atoms with van der Waals surface area (Å²) in [6, 6.07) is 0. The monoisotopic (exact) mass is 195 g/mol. The number of rotatable bonds is 4. The van der Waals surface area contributed by atoms with Crippen molar-refractivity contribution < 1.29 is 17.9 Å². The maximum absolute atomic E-state index is 11.0. The van der Waals surface area contributed by atoms with Crippen LogP contribution in [0.3, 0.4) is 0 Å². The highest BCUT2D eigenvalue weighted by Gasteiger charge is 2.17. The zero-order chi connectivity index (χ0) is 9.78. The standard InChI is InChI=1S/C6H13NO4S/c1-4-11-5-6(8)7(2)12(3,9)10/h4-5H2,1-3H3. The predicted molar refractivity (Wildman–Crippen MR) is 44.1 cm³/mol. The lowest BCUT2D eigenvalue weighted by Crippen LogP contribution is -2.34. The van der Waals surface area contributed by atoms with Crippen molar-refractivity contribution >= 4 is 15.9 Å². The second-order valence-corrected chi connectivity index (χ2v) is 4.28. The number of likely N-dealkylation sites (N-methyl/N-ethyl adjacent to an activating group) is 1. The number of hydrogen-bond donors (Lipinski definition) is 0. The van der Waals surface area contributed by atoms with Crippen molar-refractivity contribution in [2.24, 2.45) is 0 Å². The maximum atomic E-state index is 11.0. The molecule has 12 heavy (non-hydrogen) atoms. The summed E-state index contributed by atoms with van der Waals surface area (Å²) in [7, 11) is -2.22. The molecule has 0 atom stereocenters. The van der Waals surface area contributed by atoms with E-state index in [1.165, 1.54) is 7.05 Å². The van der Waals surface area contributed by atoms with Crippen molar-refractivity contribution in [1.82, 2.24) is 4.31 Å². The van der Waals surface area contributed by atoms with Crippen molar-refractivity contribution in [3.8, 4) is 0 Å². The summed E-state index contributed by atoms with van der Waals surface area (Å²) < 4.78 is 27.0. The van der Waals surface area contributed by atoms with Crippen LogP contribution in [0, 0.1) is 0 Å². The highest BCUT2D eigenvalue weighted by atomic mass is 32.2. The molecule has 0 saturated carbocycles. The van der Waals surface area contributed by atoms with Gasteiger partial charge in [-0.1, -0.05) is 0 Å². The third kappa shape index (κ3) is 3.68. The molecular formula is C6H13NO4S. The quantitative estimate of drug-likeness (QED) is 0.603. The molecule has 72 valence electrons. The highest BCUT2D eigenvalue weighted by molar-refractivity contribution is 7.88. The molecule has 0 bridgehead atoms. The van der Waals surface area contributed by atoms with Gasteiger partial charge in [0.2, 0.25) is 10.0 Å². The molecule has 0 saturated heterocycles. The second-order valence-electron chi connectivity index (χ2n) is 2.26. The molecule has 0 fully saturated rings. The first kappa shape index (κ1) is 11.4. The van der Waals surface area contributed by atoms with Gasteiger partial charge < -0.3 is 4.74 Å². The van der Waals surface area contributed by atoms with E-state index in [2.05, 4.69) is 0 Å². The lowest BCUT2D eigenvalue weighted by atomic mass is 10.6. The van der Waals surface area contributed by atoms with Crippen molar-refractivity contribution in [2.75, 3.05) is 26.5 Å². The van der Waals surface area contributed by atoms with Crippen LogP contribution in [0.4, 0.5) is 0 Å². The predicted octanol–water partition coefficient (Wildman–Crippen LogP) is -0.559. The molecule has 0 aliphatic carbocycles. The van der Waals surface area contributed by atoms with Crippen LogP contribution >= 0.6 is 0 Å². The molecule has 0 N–H and O–H groups in total. The molecule has 6 heteroatoms. The Morgan fingerprint density at radius 3 is 2.33 bits per heavy atom. The third-order valence-electron chi connectivity index (χ3n) is 1.28. The molecule has 0 aliphatic heterocycles. The molecule has 0 unspecified atom stereocenters. The minimum atomic E-state index is -3.43. The summed E-state index contributed by atoms with van der Waals surface area (Å²) in [5.74, 6) is -0.556. The minimum Gasteiger partial charge on any atom is -0.372 e. The zero-order valence-corrected chi connectivity index (χ0v) is 8.22. The number of amides is 1. The summed E-state index contributed by atoms with van der Waals surface area (Å²) >= 11 is 0. The van der Waals surface area contributed by atoms with Gasteiger partial charge in [0, 0.05) is 13.7 Å². The largest absolute Gasteiger partial charge is 0.372 e. The smallest absolute Gasteiger partial charge is 0.261 e. The van der Waals surface area contributed by atoms with Crippen LogP contribution in [-0.4, -0.2) is 45.1 Å². The van der Waals surface area contributed by atoms with Gasteiger partial charge in [0.1, 0.15) is 6.61 Å². The molecule has 0 aromatic heterocycles. The number of ether oxygens (including phenoxy) is 1. The van der Waals surface area contributed by atoms with Crippen molar-refractivity contribution in [3.05, 3.63) is 0 Å². The highest BCUT2D eigenvalue weighted by Crippen LogP contribution is 1.94. The van der Waals surface area contributed by atoms with Crippen LogP contribution in [0.1, 0.15) is 6.92 Å². The summed E-state index contributed by atoms with van der Waals surface area (Å²) in [6.07, 6.45) is 0.969. The summed E-state index contributed by atoms with van der Waals surface area (Å²) in [4.78, 5) is 11.0. The Balaban J connectivity index is 4.12. The van der Waals surface area contributed by atoms with Crippen molar-refractivity contribution in [1.29, 1.82) is 0 Å². The fourth-order valence-electron chi connectivity index (χ4n) is 0.465. The Morgan fingerprint density at radius 1 is 1.50 bits per heavy atom. The SMILES string of the molecule is CCOCC(=O)N(C)S(C)(=O)=O. The van der Waals surface area contributed by atoms with Crippen LogP contribution in [0.2, 0.25) is 0 Å². The van der Waals surface area contributed by atoms with Crippen LogP contribution in [0.5, 0.6) is 0 Å². The third-order valence-corrected chi connectivity index (χ3v) is 2.48. The summed E-state index contributed by atoms with van der Waals surface area (Å²) in [6.45, 7) is 1.93. The van der Waals surface area contributed by atoms with Gasteiger partial charge in [0.25, 0.3) is 5.91 Å². The van der Waals surface area contributed by atoms with E-state index in [0.29, 0.717) is 10.9 Å². The van der Waals surface area contributed by atoms with Gasteiger partial charge in [-0.15, -0.1) is 0 Å². The number of hydrogen-bond acceptors (Lipinski definition) is 4. The number of carbonyl (C=O) groups is 1. The van der Waals surface area contributed by atoms with Gasteiger partial charge in [-0.3, -0.25) is 4.79 Å². The molecule has 0 spiro atoms. The van der Waals surface area contributed by atoms with E-state index in [1.807, 2.05) is 0 Å². The van der Waals surface area contributed by atoms with E-state index in [0.717, 1.165) is 6.26 Å². The first-order valence-electron chi connectivity index (χ1n) is 3.44. The van der Waals surface area contributed by atoms with Crippen molar-refractivity contribution in [2.45, 2.75) is 6.92 Å². The Morgan fingerprint density at radius 2 is 2.00 bits per heavy atom. The molecule has 5 nitrogen and oxygen atoms in total. The Bertz CT molecular complexity index is 246. The summed E-state index contributed by atoms with van der Waals surface area (Å²) in [5, 5.41) is 0. The minimum absolute atomic E-state index is 0.194. The van der Waals surface area contributed by atoms with Gasteiger partial charge in [0.15, 0.2) is 0 Å². The summed E-state index contributed by atoms with van der Waals surface area (Å²) in [5.41, 5.74) is 0. The lowest BCUT2D eigenvalue weighted by molar-refractivity contribution is -0.130. The Hall–Kier alpha value is -0.620. The molecule has 0 aromatic carbocycles. The van der Waals surface area contributed by atoms with Crippen molar-refractivity contribution in [3.63, 3.8) is 0 Å². The fourth-order valence-corrected chi connectivity index (χ4v) is 0.888. The van der Waals surface area contributed by atoms with Crippen LogP contribution in [0.25, 0.3) is 0 Å². The van der Waals surface area contributed by atoms with Gasteiger partial charge >= 0.3 is 0 Å². The van der Waals surface area contributed by atoms with Gasteiger partial charge in [-0.2, -0.15) is 0 Å². The van der Waals surface area contributed by atoms with Crippen LogP contribution in [0.15, 0.2) is 0 Å². The average Bonchev–Trinajstić information content (AvgIpc) is 1.97. The van der Waals surface area contributed by atoms with E-state index >= 15 is 0 Å². The normalized spacial score (nSPS) is 11.2. The Labute approximate surface area is 72.4 Å². The molecule has 0 rings (SSSR count). The first-order valence-corrected chi connectivity index (χ1v) is 5.29. The molecule has 0 aliphatic rings. The molecule has 0 radical (unpaired) electrons. The molecule has 0 aromatic rings. The van der Waals surface area contributed by atoms with E-state index < -0.39 is 15.9 Å². The van der Waals surface area contributed by atoms with Gasteiger partial charge in [-0.05, 0) is 6.92 Å². The number of sulfonamides is 1. The first-order chi connectivity index (χ1) is 5.39.